The molecule has 2 atom stereocenters. The van der Waals surface area contributed by atoms with Crippen LogP contribution in [0.25, 0.3) is 0 Å². The molecule has 102 valence electrons. The lowest BCUT2D eigenvalue weighted by Gasteiger charge is -2.38. The van der Waals surface area contributed by atoms with Gasteiger partial charge in [-0.15, -0.1) is 0 Å². The Balaban J connectivity index is 2.41. The third-order valence-electron chi connectivity index (χ3n) is 3.63. The second-order valence-electron chi connectivity index (χ2n) is 4.89. The van der Waals surface area contributed by atoms with Gasteiger partial charge in [-0.1, -0.05) is 12.8 Å². The molecule has 0 saturated heterocycles. The zero-order chi connectivity index (χ0) is 12.5. The molecule has 0 aromatic rings. The lowest BCUT2D eigenvalue weighted by atomic mass is 9.89. The molecule has 0 radical (unpaired) electrons. The molecule has 0 heterocycles. The average molecular weight is 244 g/mol. The van der Waals surface area contributed by atoms with Crippen LogP contribution in [0, 0.1) is 0 Å². The van der Waals surface area contributed by atoms with Gasteiger partial charge in [-0.3, -0.25) is 4.90 Å². The number of rotatable bonds is 8. The number of ether oxygens (including phenoxy) is 2. The summed E-state index contributed by atoms with van der Waals surface area (Å²) in [6.45, 7) is 3.66. The number of hydrogen-bond acceptors (Lipinski definition) is 4. The molecular formula is C13H28N2O2. The minimum absolute atomic E-state index is 0.336. The first-order valence-corrected chi connectivity index (χ1v) is 6.77. The van der Waals surface area contributed by atoms with Crippen LogP contribution in [-0.4, -0.2) is 57.5 Å². The van der Waals surface area contributed by atoms with E-state index in [2.05, 4.69) is 4.90 Å². The van der Waals surface area contributed by atoms with E-state index in [0.717, 1.165) is 32.7 Å². The van der Waals surface area contributed by atoms with Crippen LogP contribution in [0.4, 0.5) is 0 Å². The van der Waals surface area contributed by atoms with Gasteiger partial charge in [0.2, 0.25) is 0 Å². The molecule has 2 N–H and O–H groups in total. The van der Waals surface area contributed by atoms with E-state index in [-0.39, 0.29) is 0 Å². The Hall–Kier alpha value is -0.160. The van der Waals surface area contributed by atoms with Crippen molar-refractivity contribution in [2.24, 2.45) is 5.73 Å². The van der Waals surface area contributed by atoms with Gasteiger partial charge < -0.3 is 15.2 Å². The Morgan fingerprint density at radius 3 is 2.41 bits per heavy atom. The Morgan fingerprint density at radius 1 is 1.06 bits per heavy atom. The van der Waals surface area contributed by atoms with Crippen LogP contribution in [0.15, 0.2) is 0 Å². The second-order valence-corrected chi connectivity index (χ2v) is 4.89. The predicted molar refractivity (Wildman–Crippen MR) is 70.2 cm³/mol. The highest BCUT2D eigenvalue weighted by Gasteiger charge is 2.26. The maximum atomic E-state index is 6.24. The summed E-state index contributed by atoms with van der Waals surface area (Å²) in [7, 11) is 3.51. The molecule has 0 aliphatic heterocycles. The first-order valence-electron chi connectivity index (χ1n) is 6.77. The molecule has 0 bridgehead atoms. The first-order chi connectivity index (χ1) is 8.29. The Kier molecular flexibility index (Phi) is 7.77. The summed E-state index contributed by atoms with van der Waals surface area (Å²) in [5.74, 6) is 0. The van der Waals surface area contributed by atoms with Gasteiger partial charge in [0.05, 0.1) is 6.61 Å². The van der Waals surface area contributed by atoms with Crippen LogP contribution in [-0.2, 0) is 9.47 Å². The van der Waals surface area contributed by atoms with Crippen molar-refractivity contribution in [2.75, 3.05) is 40.5 Å². The van der Waals surface area contributed by atoms with Crippen LogP contribution in [0.1, 0.15) is 32.1 Å². The molecule has 1 aliphatic rings. The fourth-order valence-electron chi connectivity index (χ4n) is 2.66. The van der Waals surface area contributed by atoms with Crippen molar-refractivity contribution in [3.8, 4) is 0 Å². The number of nitrogens with zero attached hydrogens (tertiary/aromatic N) is 1. The van der Waals surface area contributed by atoms with Gasteiger partial charge in [-0.2, -0.15) is 0 Å². The molecule has 17 heavy (non-hydrogen) atoms. The summed E-state index contributed by atoms with van der Waals surface area (Å²) < 4.78 is 10.3. The molecule has 1 rings (SSSR count). The Morgan fingerprint density at radius 2 is 1.76 bits per heavy atom. The van der Waals surface area contributed by atoms with Crippen molar-refractivity contribution in [3.63, 3.8) is 0 Å². The molecule has 2 unspecified atom stereocenters. The van der Waals surface area contributed by atoms with Crippen molar-refractivity contribution in [1.29, 1.82) is 0 Å². The summed E-state index contributed by atoms with van der Waals surface area (Å²) in [5.41, 5.74) is 6.24. The second kappa shape index (κ2) is 8.86. The van der Waals surface area contributed by atoms with Crippen molar-refractivity contribution in [2.45, 2.75) is 44.2 Å². The van der Waals surface area contributed by atoms with E-state index in [1.807, 2.05) is 0 Å². The van der Waals surface area contributed by atoms with Crippen molar-refractivity contribution in [3.05, 3.63) is 0 Å². The molecule has 4 nitrogen and oxygen atoms in total. The van der Waals surface area contributed by atoms with Gasteiger partial charge in [-0.25, -0.2) is 0 Å². The minimum Gasteiger partial charge on any atom is -0.385 e. The van der Waals surface area contributed by atoms with Gasteiger partial charge in [-0.05, 0) is 19.3 Å². The third-order valence-corrected chi connectivity index (χ3v) is 3.63. The van der Waals surface area contributed by atoms with E-state index >= 15 is 0 Å². The van der Waals surface area contributed by atoms with Crippen LogP contribution < -0.4 is 5.73 Å². The Labute approximate surface area is 105 Å². The lowest BCUT2D eigenvalue weighted by molar-refractivity contribution is 0.0821. The van der Waals surface area contributed by atoms with Gasteiger partial charge in [0.1, 0.15) is 0 Å². The van der Waals surface area contributed by atoms with Crippen LogP contribution >= 0.6 is 0 Å². The molecule has 1 saturated carbocycles. The minimum atomic E-state index is 0.336. The van der Waals surface area contributed by atoms with Crippen LogP contribution in [0.2, 0.25) is 0 Å². The normalized spacial score (nSPS) is 25.4. The molecule has 0 amide bonds. The summed E-state index contributed by atoms with van der Waals surface area (Å²) in [6, 6.07) is 0.874. The summed E-state index contributed by atoms with van der Waals surface area (Å²) in [5, 5.41) is 0. The highest BCUT2D eigenvalue weighted by molar-refractivity contribution is 4.85. The van der Waals surface area contributed by atoms with Gasteiger partial charge in [0.25, 0.3) is 0 Å². The third kappa shape index (κ3) is 5.34. The van der Waals surface area contributed by atoms with E-state index in [9.17, 15) is 0 Å². The molecule has 1 fully saturated rings. The van der Waals surface area contributed by atoms with Crippen molar-refractivity contribution in [1.82, 2.24) is 4.90 Å². The molecule has 4 heteroatoms. The molecule has 0 aromatic carbocycles. The van der Waals surface area contributed by atoms with Crippen molar-refractivity contribution < 1.29 is 9.47 Å². The van der Waals surface area contributed by atoms with Gasteiger partial charge in [0, 0.05) is 46.0 Å². The highest BCUT2D eigenvalue weighted by atomic mass is 16.5. The monoisotopic (exact) mass is 244 g/mol. The zero-order valence-corrected chi connectivity index (χ0v) is 11.4. The molecule has 1 aliphatic carbocycles. The first kappa shape index (κ1) is 14.9. The highest BCUT2D eigenvalue weighted by Crippen LogP contribution is 2.22. The standard InChI is InChI=1S/C13H28N2O2/c1-16-10-5-8-15(9-11-17-2)13-7-4-3-6-12(13)14/h12-13H,3-11,14H2,1-2H3. The summed E-state index contributed by atoms with van der Waals surface area (Å²) in [6.07, 6.45) is 6.07. The van der Waals surface area contributed by atoms with Crippen LogP contribution in [0.3, 0.4) is 0 Å². The number of nitrogens with two attached hydrogens (primary N) is 1. The van der Waals surface area contributed by atoms with E-state index in [0.29, 0.717) is 12.1 Å². The molecule has 0 aromatic heterocycles. The maximum absolute atomic E-state index is 6.24. The van der Waals surface area contributed by atoms with E-state index in [4.69, 9.17) is 15.2 Å². The molecular weight excluding hydrogens is 216 g/mol. The van der Waals surface area contributed by atoms with Gasteiger partial charge >= 0.3 is 0 Å². The maximum Gasteiger partial charge on any atom is 0.0589 e. The summed E-state index contributed by atoms with van der Waals surface area (Å²) >= 11 is 0. The lowest BCUT2D eigenvalue weighted by Crippen LogP contribution is -2.51. The van der Waals surface area contributed by atoms with Crippen molar-refractivity contribution >= 4 is 0 Å². The largest absolute Gasteiger partial charge is 0.385 e. The van der Waals surface area contributed by atoms with E-state index < -0.39 is 0 Å². The quantitative estimate of drug-likeness (QED) is 0.653. The Bertz CT molecular complexity index is 190. The van der Waals surface area contributed by atoms with E-state index in [1.165, 1.54) is 25.7 Å². The van der Waals surface area contributed by atoms with Crippen LogP contribution in [0.5, 0.6) is 0 Å². The SMILES string of the molecule is COCCCN(CCOC)C1CCCCC1N. The predicted octanol–water partition coefficient (Wildman–Crippen LogP) is 1.24. The topological polar surface area (TPSA) is 47.7 Å². The number of methoxy groups -OCH3 is 2. The molecule has 0 spiro atoms. The zero-order valence-electron chi connectivity index (χ0n) is 11.4. The smallest absolute Gasteiger partial charge is 0.0589 e. The average Bonchev–Trinajstić information content (AvgIpc) is 2.35. The number of hydrogen-bond donors (Lipinski definition) is 1. The fraction of sp³-hybridized carbons (Fsp3) is 1.00. The summed E-state index contributed by atoms with van der Waals surface area (Å²) in [4.78, 5) is 2.49. The van der Waals surface area contributed by atoms with Gasteiger partial charge in [0.15, 0.2) is 0 Å². The fourth-order valence-corrected chi connectivity index (χ4v) is 2.66. The van der Waals surface area contributed by atoms with E-state index in [1.54, 1.807) is 14.2 Å².